The number of halogens is 2. The first-order valence-corrected chi connectivity index (χ1v) is 7.79. The standard InChI is InChI=1S/C16H21BrFNO4/c1-15(2,3)23-14(21)19-16(4,13(20)22-5)9-10-6-7-12(18)11(17)8-10/h6-8H,9H2,1-5H3,(H,19,21). The number of nitrogens with one attached hydrogen (secondary N) is 1. The maximum atomic E-state index is 13.3. The molecular formula is C16H21BrFNO4. The summed E-state index contributed by atoms with van der Waals surface area (Å²) in [5, 5.41) is 2.54. The number of ether oxygens (including phenoxy) is 2. The number of amides is 1. The van der Waals surface area contributed by atoms with E-state index in [9.17, 15) is 14.0 Å². The summed E-state index contributed by atoms with van der Waals surface area (Å²) < 4.78 is 23.6. The molecule has 23 heavy (non-hydrogen) atoms. The van der Waals surface area contributed by atoms with Gasteiger partial charge < -0.3 is 14.8 Å². The summed E-state index contributed by atoms with van der Waals surface area (Å²) in [7, 11) is 1.23. The van der Waals surface area contributed by atoms with Crippen molar-refractivity contribution < 1.29 is 23.5 Å². The molecule has 1 rings (SSSR count). The molecule has 0 aliphatic heterocycles. The Balaban J connectivity index is 3.00. The Hall–Kier alpha value is -1.63. The van der Waals surface area contributed by atoms with E-state index in [0.717, 1.165) is 0 Å². The van der Waals surface area contributed by atoms with Crippen molar-refractivity contribution >= 4 is 28.0 Å². The van der Waals surface area contributed by atoms with E-state index in [4.69, 9.17) is 9.47 Å². The molecule has 0 bridgehead atoms. The zero-order valence-electron chi connectivity index (χ0n) is 13.8. The van der Waals surface area contributed by atoms with Crippen molar-refractivity contribution in [2.24, 2.45) is 0 Å². The highest BCUT2D eigenvalue weighted by Crippen LogP contribution is 2.22. The van der Waals surface area contributed by atoms with Crippen LogP contribution in [0.25, 0.3) is 0 Å². The molecule has 5 nitrogen and oxygen atoms in total. The van der Waals surface area contributed by atoms with Gasteiger partial charge in [-0.05, 0) is 61.3 Å². The van der Waals surface area contributed by atoms with Crippen LogP contribution < -0.4 is 5.32 Å². The third-order valence-corrected chi connectivity index (χ3v) is 3.56. The number of carbonyl (C=O) groups is 2. The largest absolute Gasteiger partial charge is 0.467 e. The second-order valence-electron chi connectivity index (χ2n) is 6.38. The van der Waals surface area contributed by atoms with Crippen LogP contribution in [0, 0.1) is 5.82 Å². The zero-order valence-corrected chi connectivity index (χ0v) is 15.4. The predicted molar refractivity (Wildman–Crippen MR) is 87.6 cm³/mol. The van der Waals surface area contributed by atoms with E-state index in [2.05, 4.69) is 21.2 Å². The first-order chi connectivity index (χ1) is 10.5. The molecule has 0 spiro atoms. The Morgan fingerprint density at radius 2 is 1.87 bits per heavy atom. The highest BCUT2D eigenvalue weighted by molar-refractivity contribution is 9.10. The van der Waals surface area contributed by atoms with Gasteiger partial charge in [-0.25, -0.2) is 14.0 Å². The van der Waals surface area contributed by atoms with Crippen molar-refractivity contribution in [1.82, 2.24) is 5.32 Å². The third-order valence-electron chi connectivity index (χ3n) is 2.95. The first kappa shape index (κ1) is 19.4. The van der Waals surface area contributed by atoms with Crippen LogP contribution in [0.4, 0.5) is 9.18 Å². The number of alkyl carbamates (subject to hydrolysis) is 1. The molecule has 0 heterocycles. The zero-order chi connectivity index (χ0) is 17.8. The SMILES string of the molecule is COC(=O)C(C)(Cc1ccc(F)c(Br)c1)NC(=O)OC(C)(C)C. The third kappa shape index (κ3) is 5.82. The van der Waals surface area contributed by atoms with Crippen molar-refractivity contribution in [3.8, 4) is 0 Å². The van der Waals surface area contributed by atoms with Crippen LogP contribution in [0.1, 0.15) is 33.3 Å². The van der Waals surface area contributed by atoms with Gasteiger partial charge in [0.1, 0.15) is 17.0 Å². The molecule has 128 valence electrons. The minimum Gasteiger partial charge on any atom is -0.467 e. The van der Waals surface area contributed by atoms with Gasteiger partial charge in [0, 0.05) is 6.42 Å². The van der Waals surface area contributed by atoms with E-state index in [1.54, 1.807) is 26.8 Å². The average Bonchev–Trinajstić information content (AvgIpc) is 2.39. The molecule has 0 aliphatic rings. The molecule has 0 radical (unpaired) electrons. The number of esters is 1. The summed E-state index contributed by atoms with van der Waals surface area (Å²) in [6.45, 7) is 6.69. The fourth-order valence-corrected chi connectivity index (χ4v) is 2.41. The highest BCUT2D eigenvalue weighted by Gasteiger charge is 2.37. The van der Waals surface area contributed by atoms with Crippen molar-refractivity contribution in [2.75, 3.05) is 7.11 Å². The fraction of sp³-hybridized carbons (Fsp3) is 0.500. The van der Waals surface area contributed by atoms with Gasteiger partial charge in [-0.1, -0.05) is 6.07 Å². The number of benzene rings is 1. The van der Waals surface area contributed by atoms with Gasteiger partial charge in [-0.3, -0.25) is 0 Å². The van der Waals surface area contributed by atoms with Gasteiger partial charge in [-0.2, -0.15) is 0 Å². The van der Waals surface area contributed by atoms with Crippen molar-refractivity contribution in [1.29, 1.82) is 0 Å². The fourth-order valence-electron chi connectivity index (χ4n) is 1.98. The predicted octanol–water partition coefficient (Wildman–Crippen LogP) is 3.59. The van der Waals surface area contributed by atoms with E-state index in [1.807, 2.05) is 0 Å². The summed E-state index contributed by atoms with van der Waals surface area (Å²) >= 11 is 3.10. The minimum atomic E-state index is -1.34. The van der Waals surface area contributed by atoms with Crippen LogP contribution in [-0.2, 0) is 20.7 Å². The lowest BCUT2D eigenvalue weighted by Crippen LogP contribution is -2.55. The van der Waals surface area contributed by atoms with Crippen molar-refractivity contribution in [2.45, 2.75) is 45.3 Å². The molecule has 0 aromatic heterocycles. The molecule has 7 heteroatoms. The second kappa shape index (κ2) is 7.29. The monoisotopic (exact) mass is 389 g/mol. The van der Waals surface area contributed by atoms with E-state index < -0.39 is 29.0 Å². The topological polar surface area (TPSA) is 64.6 Å². The van der Waals surface area contributed by atoms with Crippen molar-refractivity contribution in [3.05, 3.63) is 34.1 Å². The molecule has 1 amide bonds. The van der Waals surface area contributed by atoms with Crippen LogP contribution in [-0.4, -0.2) is 30.3 Å². The number of methoxy groups -OCH3 is 1. The average molecular weight is 390 g/mol. The molecule has 1 atom stereocenters. The maximum absolute atomic E-state index is 13.3. The van der Waals surface area contributed by atoms with Crippen molar-refractivity contribution in [3.63, 3.8) is 0 Å². The van der Waals surface area contributed by atoms with Crippen LogP contribution in [0.2, 0.25) is 0 Å². The number of hydrogen-bond acceptors (Lipinski definition) is 4. The lowest BCUT2D eigenvalue weighted by Gasteiger charge is -2.29. The molecule has 1 unspecified atom stereocenters. The normalized spacial score (nSPS) is 13.9. The molecule has 1 N–H and O–H groups in total. The summed E-state index contributed by atoms with van der Waals surface area (Å²) in [6, 6.07) is 4.37. The quantitative estimate of drug-likeness (QED) is 0.799. The number of rotatable bonds is 4. The lowest BCUT2D eigenvalue weighted by atomic mass is 9.93. The van der Waals surface area contributed by atoms with E-state index in [-0.39, 0.29) is 10.9 Å². The van der Waals surface area contributed by atoms with Crippen LogP contribution in [0.5, 0.6) is 0 Å². The Kier molecular flexibility index (Phi) is 6.16. The van der Waals surface area contributed by atoms with Crippen LogP contribution in [0.15, 0.2) is 22.7 Å². The van der Waals surface area contributed by atoms with Crippen LogP contribution >= 0.6 is 15.9 Å². The highest BCUT2D eigenvalue weighted by atomic mass is 79.9. The molecule has 0 saturated heterocycles. The van der Waals surface area contributed by atoms with Gasteiger partial charge in [0.2, 0.25) is 0 Å². The Bertz CT molecular complexity index is 600. The Labute approximate surface area is 143 Å². The molecule has 0 aliphatic carbocycles. The maximum Gasteiger partial charge on any atom is 0.408 e. The first-order valence-electron chi connectivity index (χ1n) is 7.00. The Morgan fingerprint density at radius 3 is 2.35 bits per heavy atom. The van der Waals surface area contributed by atoms with E-state index >= 15 is 0 Å². The number of hydrogen-bond donors (Lipinski definition) is 1. The molecule has 1 aromatic rings. The summed E-state index contributed by atoms with van der Waals surface area (Å²) in [6.07, 6.45) is -0.607. The van der Waals surface area contributed by atoms with Gasteiger partial charge in [0.15, 0.2) is 0 Å². The molecule has 1 aromatic carbocycles. The number of carbonyl (C=O) groups excluding carboxylic acids is 2. The summed E-state index contributed by atoms with van der Waals surface area (Å²) in [5.41, 5.74) is -1.38. The van der Waals surface area contributed by atoms with Gasteiger partial charge in [-0.15, -0.1) is 0 Å². The van der Waals surface area contributed by atoms with E-state index in [0.29, 0.717) is 5.56 Å². The summed E-state index contributed by atoms with van der Waals surface area (Å²) in [5.74, 6) is -1.03. The van der Waals surface area contributed by atoms with Crippen LogP contribution in [0.3, 0.4) is 0 Å². The van der Waals surface area contributed by atoms with Gasteiger partial charge >= 0.3 is 12.1 Å². The van der Waals surface area contributed by atoms with E-state index in [1.165, 1.54) is 26.2 Å². The molecule has 0 saturated carbocycles. The molecule has 0 fully saturated rings. The smallest absolute Gasteiger partial charge is 0.408 e. The lowest BCUT2D eigenvalue weighted by molar-refractivity contribution is -0.147. The minimum absolute atomic E-state index is 0.123. The second-order valence-corrected chi connectivity index (χ2v) is 7.23. The van der Waals surface area contributed by atoms with Gasteiger partial charge in [0.25, 0.3) is 0 Å². The van der Waals surface area contributed by atoms with Gasteiger partial charge in [0.05, 0.1) is 11.6 Å². The molecular weight excluding hydrogens is 369 g/mol. The summed E-state index contributed by atoms with van der Waals surface area (Å²) in [4.78, 5) is 24.1. The Morgan fingerprint density at radius 1 is 1.26 bits per heavy atom.